The minimum absolute atomic E-state index is 0.0994. The third-order valence-corrected chi connectivity index (χ3v) is 5.22. The predicted molar refractivity (Wildman–Crippen MR) is 117 cm³/mol. The van der Waals surface area contributed by atoms with Gasteiger partial charge in [-0.05, 0) is 47.9 Å². The van der Waals surface area contributed by atoms with Crippen molar-refractivity contribution >= 4 is 39.3 Å². The van der Waals surface area contributed by atoms with Crippen LogP contribution in [0.4, 0.5) is 5.69 Å². The fourth-order valence-electron chi connectivity index (χ4n) is 3.92. The van der Waals surface area contributed by atoms with Crippen molar-refractivity contribution < 1.29 is 9.59 Å². The number of hydrogen-bond donors (Lipinski definition) is 2. The number of nitrogens with one attached hydrogen (secondary N) is 1. The maximum Gasteiger partial charge on any atom is 0.249 e. The summed E-state index contributed by atoms with van der Waals surface area (Å²) in [5.41, 5.74) is 11.3. The van der Waals surface area contributed by atoms with Crippen molar-refractivity contribution in [2.24, 2.45) is 5.73 Å². The van der Waals surface area contributed by atoms with E-state index in [0.29, 0.717) is 12.1 Å². The topological polar surface area (TPSA) is 77.1 Å². The molecule has 0 spiro atoms. The molecule has 1 heterocycles. The molecule has 146 valence electrons. The lowest BCUT2D eigenvalue weighted by Crippen LogP contribution is -2.11. The summed E-state index contributed by atoms with van der Waals surface area (Å²) in [6.45, 7) is 4.24. The van der Waals surface area contributed by atoms with Crippen LogP contribution in [0, 0.1) is 0 Å². The second-order valence-corrected chi connectivity index (χ2v) is 7.24. The fourth-order valence-corrected chi connectivity index (χ4v) is 3.92. The van der Waals surface area contributed by atoms with Crippen LogP contribution in [-0.4, -0.2) is 16.4 Å². The first-order chi connectivity index (χ1) is 14.0. The molecule has 0 atom stereocenters. The Morgan fingerprint density at radius 3 is 2.48 bits per heavy atom. The van der Waals surface area contributed by atoms with Crippen LogP contribution < -0.4 is 11.1 Å². The molecule has 0 unspecified atom stereocenters. The number of nitrogens with two attached hydrogens (primary N) is 1. The molecule has 5 nitrogen and oxygen atoms in total. The first kappa shape index (κ1) is 18.7. The summed E-state index contributed by atoms with van der Waals surface area (Å²) in [5.74, 6) is -0.528. The molecule has 0 aliphatic carbocycles. The number of carbonyl (C=O) groups excluding carboxylic acids is 2. The van der Waals surface area contributed by atoms with Gasteiger partial charge in [-0.3, -0.25) is 9.59 Å². The normalized spacial score (nSPS) is 11.1. The van der Waals surface area contributed by atoms with E-state index in [1.165, 1.54) is 12.5 Å². The SMILES string of the molecule is CCc1ccc2c3c(C(N)=O)cccc3n(Cc3cccc(NC(C)=O)c3)c2c1. The predicted octanol–water partition coefficient (Wildman–Crippen LogP) is 4.46. The number of benzene rings is 3. The van der Waals surface area contributed by atoms with Crippen LogP contribution >= 0.6 is 0 Å². The molecule has 4 rings (SSSR count). The van der Waals surface area contributed by atoms with Crippen molar-refractivity contribution in [3.8, 4) is 0 Å². The summed E-state index contributed by atoms with van der Waals surface area (Å²) >= 11 is 0. The number of primary amides is 1. The summed E-state index contributed by atoms with van der Waals surface area (Å²) in [7, 11) is 0. The Morgan fingerprint density at radius 1 is 0.966 bits per heavy atom. The van der Waals surface area contributed by atoms with E-state index in [1.54, 1.807) is 6.07 Å². The lowest BCUT2D eigenvalue weighted by atomic mass is 10.0. The van der Waals surface area contributed by atoms with E-state index >= 15 is 0 Å². The highest BCUT2D eigenvalue weighted by Gasteiger charge is 2.17. The molecule has 0 radical (unpaired) electrons. The number of hydrogen-bond acceptors (Lipinski definition) is 2. The van der Waals surface area contributed by atoms with Crippen LogP contribution in [0.15, 0.2) is 60.7 Å². The molecule has 1 aromatic heterocycles. The molecule has 0 fully saturated rings. The molecule has 4 aromatic rings. The maximum atomic E-state index is 12.1. The Balaban J connectivity index is 1.94. The Hall–Kier alpha value is -3.60. The first-order valence-corrected chi connectivity index (χ1v) is 9.68. The molecule has 29 heavy (non-hydrogen) atoms. The highest BCUT2D eigenvalue weighted by Crippen LogP contribution is 2.33. The minimum Gasteiger partial charge on any atom is -0.366 e. The van der Waals surface area contributed by atoms with Gasteiger partial charge in [-0.15, -0.1) is 0 Å². The molecule has 0 aliphatic rings. The van der Waals surface area contributed by atoms with Crippen LogP contribution in [0.2, 0.25) is 0 Å². The summed E-state index contributed by atoms with van der Waals surface area (Å²) in [5, 5.41) is 4.74. The zero-order valence-corrected chi connectivity index (χ0v) is 16.5. The van der Waals surface area contributed by atoms with Gasteiger partial charge >= 0.3 is 0 Å². The van der Waals surface area contributed by atoms with Crippen molar-refractivity contribution in [2.45, 2.75) is 26.8 Å². The molecule has 0 bridgehead atoms. The Kier molecular flexibility index (Phi) is 4.80. The maximum absolute atomic E-state index is 12.1. The summed E-state index contributed by atoms with van der Waals surface area (Å²) in [4.78, 5) is 23.5. The third kappa shape index (κ3) is 3.47. The lowest BCUT2D eigenvalue weighted by molar-refractivity contribution is -0.114. The average Bonchev–Trinajstić information content (AvgIpc) is 3.00. The van der Waals surface area contributed by atoms with Gasteiger partial charge in [0.1, 0.15) is 0 Å². The summed E-state index contributed by atoms with van der Waals surface area (Å²) in [6, 6.07) is 19.8. The van der Waals surface area contributed by atoms with Crippen molar-refractivity contribution in [3.63, 3.8) is 0 Å². The molecule has 3 aromatic carbocycles. The smallest absolute Gasteiger partial charge is 0.249 e. The number of amides is 2. The number of fused-ring (bicyclic) bond motifs is 3. The Bertz CT molecular complexity index is 1250. The Labute approximate surface area is 169 Å². The van der Waals surface area contributed by atoms with Gasteiger partial charge in [-0.2, -0.15) is 0 Å². The van der Waals surface area contributed by atoms with Crippen molar-refractivity contribution in [3.05, 3.63) is 77.4 Å². The van der Waals surface area contributed by atoms with Gasteiger partial charge in [0, 0.05) is 41.0 Å². The molecule has 0 saturated carbocycles. The van der Waals surface area contributed by atoms with Crippen LogP contribution in [0.25, 0.3) is 21.8 Å². The zero-order valence-electron chi connectivity index (χ0n) is 16.5. The number of rotatable bonds is 5. The molecule has 0 aliphatic heterocycles. The van der Waals surface area contributed by atoms with Crippen molar-refractivity contribution in [1.82, 2.24) is 4.57 Å². The third-order valence-electron chi connectivity index (χ3n) is 5.22. The van der Waals surface area contributed by atoms with Crippen LogP contribution in [-0.2, 0) is 17.8 Å². The minimum atomic E-state index is -0.429. The van der Waals surface area contributed by atoms with Gasteiger partial charge in [0.2, 0.25) is 11.8 Å². The van der Waals surface area contributed by atoms with Gasteiger partial charge in [0.25, 0.3) is 0 Å². The quantitative estimate of drug-likeness (QED) is 0.532. The van der Waals surface area contributed by atoms with Gasteiger partial charge < -0.3 is 15.6 Å². The fraction of sp³-hybridized carbons (Fsp3) is 0.167. The van der Waals surface area contributed by atoms with Crippen LogP contribution in [0.5, 0.6) is 0 Å². The Morgan fingerprint density at radius 2 is 1.76 bits per heavy atom. The molecular formula is C24H23N3O2. The molecule has 5 heteroatoms. The van der Waals surface area contributed by atoms with E-state index in [4.69, 9.17) is 5.73 Å². The molecule has 2 amide bonds. The first-order valence-electron chi connectivity index (χ1n) is 9.68. The zero-order chi connectivity index (χ0) is 20.5. The van der Waals surface area contributed by atoms with Gasteiger partial charge in [0.05, 0.1) is 5.52 Å². The number of nitrogens with zero attached hydrogens (tertiary/aromatic N) is 1. The van der Waals surface area contributed by atoms with Crippen LogP contribution in [0.1, 0.15) is 35.3 Å². The lowest BCUT2D eigenvalue weighted by Gasteiger charge is -2.10. The highest BCUT2D eigenvalue weighted by atomic mass is 16.1. The summed E-state index contributed by atoms with van der Waals surface area (Å²) in [6.07, 6.45) is 0.929. The van der Waals surface area contributed by atoms with Gasteiger partial charge in [-0.25, -0.2) is 0 Å². The highest BCUT2D eigenvalue weighted by molar-refractivity contribution is 6.18. The van der Waals surface area contributed by atoms with Crippen molar-refractivity contribution in [1.29, 1.82) is 0 Å². The number of anilines is 1. The van der Waals surface area contributed by atoms with E-state index in [2.05, 4.69) is 35.0 Å². The van der Waals surface area contributed by atoms with E-state index in [1.807, 2.05) is 36.4 Å². The van der Waals surface area contributed by atoms with E-state index in [9.17, 15) is 9.59 Å². The second-order valence-electron chi connectivity index (χ2n) is 7.24. The van der Waals surface area contributed by atoms with Crippen LogP contribution in [0.3, 0.4) is 0 Å². The van der Waals surface area contributed by atoms with E-state index in [-0.39, 0.29) is 5.91 Å². The molecule has 3 N–H and O–H groups in total. The second kappa shape index (κ2) is 7.43. The van der Waals surface area contributed by atoms with E-state index < -0.39 is 5.91 Å². The summed E-state index contributed by atoms with van der Waals surface area (Å²) < 4.78 is 2.21. The number of carbonyl (C=O) groups is 2. The van der Waals surface area contributed by atoms with E-state index in [0.717, 1.165) is 39.5 Å². The number of aryl methyl sites for hydroxylation is 1. The largest absolute Gasteiger partial charge is 0.366 e. The monoisotopic (exact) mass is 385 g/mol. The van der Waals surface area contributed by atoms with Gasteiger partial charge in [0.15, 0.2) is 0 Å². The molecular weight excluding hydrogens is 362 g/mol. The van der Waals surface area contributed by atoms with Gasteiger partial charge in [-0.1, -0.05) is 37.3 Å². The van der Waals surface area contributed by atoms with Crippen molar-refractivity contribution in [2.75, 3.05) is 5.32 Å². The average molecular weight is 385 g/mol. The standard InChI is InChI=1S/C24H23N3O2/c1-3-16-10-11-19-22(13-16)27(21-9-5-8-20(23(19)21)24(25)29)14-17-6-4-7-18(12-17)26-15(2)28/h4-13H,3,14H2,1-2H3,(H2,25,29)(H,26,28). The number of aromatic nitrogens is 1. The molecule has 0 saturated heterocycles.